The predicted molar refractivity (Wildman–Crippen MR) is 79.3 cm³/mol. The Bertz CT molecular complexity index is 671. The molecule has 1 unspecified atom stereocenters. The van der Waals surface area contributed by atoms with Gasteiger partial charge in [-0.2, -0.15) is 13.2 Å². The lowest BCUT2D eigenvalue weighted by molar-refractivity contribution is -0.137. The van der Waals surface area contributed by atoms with Gasteiger partial charge in [-0.15, -0.1) is 0 Å². The van der Waals surface area contributed by atoms with Gasteiger partial charge in [0.1, 0.15) is 5.82 Å². The van der Waals surface area contributed by atoms with Crippen molar-refractivity contribution in [2.24, 2.45) is 5.73 Å². The zero-order valence-electron chi connectivity index (χ0n) is 10.4. The smallest absolute Gasteiger partial charge is 0.320 e. The molecule has 1 atom stereocenters. The number of alkyl halides is 3. The van der Waals surface area contributed by atoms with Gasteiger partial charge in [-0.3, -0.25) is 0 Å². The number of hydrogen-bond acceptors (Lipinski definition) is 1. The van der Waals surface area contributed by atoms with Crippen LogP contribution in [0.1, 0.15) is 22.7 Å². The Hall–Kier alpha value is -0.920. The summed E-state index contributed by atoms with van der Waals surface area (Å²) in [7, 11) is 0. The number of benzene rings is 2. The molecular weight excluding hydrogens is 418 g/mol. The highest BCUT2D eigenvalue weighted by Gasteiger charge is 2.31. The summed E-state index contributed by atoms with van der Waals surface area (Å²) in [6.07, 6.45) is -4.45. The fraction of sp³-hybridized carbons (Fsp3) is 0.143. The molecule has 0 aliphatic rings. The lowest BCUT2D eigenvalue weighted by Crippen LogP contribution is -2.14. The van der Waals surface area contributed by atoms with Gasteiger partial charge in [0.05, 0.1) is 16.1 Å². The van der Waals surface area contributed by atoms with Crippen LogP contribution in [0.5, 0.6) is 0 Å². The largest absolute Gasteiger partial charge is 0.416 e. The molecule has 2 aromatic rings. The summed E-state index contributed by atoms with van der Waals surface area (Å²) in [5.41, 5.74) is 6.01. The molecule has 0 spiro atoms. The van der Waals surface area contributed by atoms with Gasteiger partial charge in [0, 0.05) is 4.47 Å². The van der Waals surface area contributed by atoms with E-state index in [4.69, 9.17) is 5.73 Å². The molecular formula is C14H9Br2F4N. The Kier molecular flexibility index (Phi) is 4.75. The van der Waals surface area contributed by atoms with Crippen LogP contribution in [0.25, 0.3) is 0 Å². The van der Waals surface area contributed by atoms with Gasteiger partial charge in [-0.05, 0) is 57.4 Å². The van der Waals surface area contributed by atoms with Crippen molar-refractivity contribution in [3.63, 3.8) is 0 Å². The molecule has 112 valence electrons. The van der Waals surface area contributed by atoms with E-state index in [2.05, 4.69) is 31.9 Å². The van der Waals surface area contributed by atoms with Gasteiger partial charge in [0.15, 0.2) is 0 Å². The van der Waals surface area contributed by atoms with Crippen molar-refractivity contribution in [1.82, 2.24) is 0 Å². The van der Waals surface area contributed by atoms with Crippen molar-refractivity contribution < 1.29 is 17.6 Å². The monoisotopic (exact) mass is 425 g/mol. The lowest BCUT2D eigenvalue weighted by Gasteiger charge is -2.17. The van der Waals surface area contributed by atoms with E-state index in [1.165, 1.54) is 24.3 Å². The maximum absolute atomic E-state index is 13.2. The Morgan fingerprint density at radius 2 is 1.62 bits per heavy atom. The minimum Gasteiger partial charge on any atom is -0.320 e. The summed E-state index contributed by atoms with van der Waals surface area (Å²) >= 11 is 6.22. The molecule has 0 saturated carbocycles. The molecule has 0 aliphatic heterocycles. The van der Waals surface area contributed by atoms with Crippen LogP contribution < -0.4 is 5.73 Å². The van der Waals surface area contributed by atoms with E-state index < -0.39 is 23.6 Å². The first kappa shape index (κ1) is 16.5. The molecule has 7 heteroatoms. The maximum atomic E-state index is 13.2. The van der Waals surface area contributed by atoms with Crippen LogP contribution in [0.2, 0.25) is 0 Å². The summed E-state index contributed by atoms with van der Waals surface area (Å²) in [5, 5.41) is 0. The molecule has 0 amide bonds. The lowest BCUT2D eigenvalue weighted by atomic mass is 9.98. The minimum absolute atomic E-state index is 0.207. The van der Waals surface area contributed by atoms with E-state index in [1.807, 2.05) is 0 Å². The van der Waals surface area contributed by atoms with Crippen LogP contribution in [0.4, 0.5) is 17.6 Å². The van der Waals surface area contributed by atoms with E-state index >= 15 is 0 Å². The van der Waals surface area contributed by atoms with Crippen molar-refractivity contribution in [2.75, 3.05) is 0 Å². The molecule has 2 aromatic carbocycles. The molecule has 0 radical (unpaired) electrons. The van der Waals surface area contributed by atoms with Crippen molar-refractivity contribution in [2.45, 2.75) is 12.2 Å². The number of halogens is 6. The number of nitrogens with two attached hydrogens (primary N) is 1. The van der Waals surface area contributed by atoms with Gasteiger partial charge in [-0.1, -0.05) is 22.0 Å². The van der Waals surface area contributed by atoms with Crippen LogP contribution >= 0.6 is 31.9 Å². The van der Waals surface area contributed by atoms with E-state index in [0.717, 1.165) is 12.1 Å². The summed E-state index contributed by atoms with van der Waals surface area (Å²) in [4.78, 5) is 0. The first-order valence-electron chi connectivity index (χ1n) is 5.77. The van der Waals surface area contributed by atoms with Crippen LogP contribution in [-0.2, 0) is 6.18 Å². The van der Waals surface area contributed by atoms with Crippen molar-refractivity contribution >= 4 is 31.9 Å². The first-order chi connectivity index (χ1) is 9.70. The van der Waals surface area contributed by atoms with Gasteiger partial charge in [-0.25, -0.2) is 4.39 Å². The van der Waals surface area contributed by atoms with Gasteiger partial charge in [0.2, 0.25) is 0 Å². The first-order valence-corrected chi connectivity index (χ1v) is 7.36. The zero-order chi connectivity index (χ0) is 15.8. The highest BCUT2D eigenvalue weighted by molar-refractivity contribution is 9.10. The van der Waals surface area contributed by atoms with Gasteiger partial charge >= 0.3 is 6.18 Å². The van der Waals surface area contributed by atoms with Crippen molar-refractivity contribution in [3.8, 4) is 0 Å². The molecule has 0 fully saturated rings. The topological polar surface area (TPSA) is 26.0 Å². The Labute approximate surface area is 135 Å². The third kappa shape index (κ3) is 3.64. The fourth-order valence-electron chi connectivity index (χ4n) is 1.84. The second-order valence-electron chi connectivity index (χ2n) is 4.39. The zero-order valence-corrected chi connectivity index (χ0v) is 13.6. The molecule has 0 aliphatic carbocycles. The Balaban J connectivity index is 2.47. The molecule has 0 aromatic heterocycles. The van der Waals surface area contributed by atoms with Crippen LogP contribution in [0.15, 0.2) is 45.3 Å². The minimum atomic E-state index is -4.45. The summed E-state index contributed by atoms with van der Waals surface area (Å²) < 4.78 is 52.2. The molecule has 2 rings (SSSR count). The van der Waals surface area contributed by atoms with E-state index in [9.17, 15) is 17.6 Å². The standard InChI is InChI=1S/C14H9Br2F4N/c15-10-3-2-8(14(18,19)20)6-9(10)13(21)7-1-4-12(17)11(16)5-7/h1-6,13H,21H2. The van der Waals surface area contributed by atoms with E-state index in [1.54, 1.807) is 0 Å². The summed E-state index contributed by atoms with van der Waals surface area (Å²) in [6.45, 7) is 0. The van der Waals surface area contributed by atoms with Crippen LogP contribution in [0, 0.1) is 5.82 Å². The average molecular weight is 427 g/mol. The summed E-state index contributed by atoms with van der Waals surface area (Å²) in [5.74, 6) is -0.464. The average Bonchev–Trinajstić information content (AvgIpc) is 2.40. The molecule has 0 bridgehead atoms. The molecule has 0 heterocycles. The predicted octanol–water partition coefficient (Wildman–Crippen LogP) is 5.42. The number of rotatable bonds is 2. The Morgan fingerprint density at radius 1 is 0.952 bits per heavy atom. The molecule has 0 saturated heterocycles. The van der Waals surface area contributed by atoms with Gasteiger partial charge in [0.25, 0.3) is 0 Å². The van der Waals surface area contributed by atoms with E-state index in [0.29, 0.717) is 10.0 Å². The van der Waals surface area contributed by atoms with Crippen molar-refractivity contribution in [1.29, 1.82) is 0 Å². The number of hydrogen-bond donors (Lipinski definition) is 1. The van der Waals surface area contributed by atoms with Crippen LogP contribution in [-0.4, -0.2) is 0 Å². The third-order valence-electron chi connectivity index (χ3n) is 2.96. The normalized spacial score (nSPS) is 13.3. The SMILES string of the molecule is NC(c1ccc(F)c(Br)c1)c1cc(C(F)(F)F)ccc1Br. The highest BCUT2D eigenvalue weighted by Crippen LogP contribution is 2.35. The second kappa shape index (κ2) is 6.06. The fourth-order valence-corrected chi connectivity index (χ4v) is 2.73. The van der Waals surface area contributed by atoms with E-state index in [-0.39, 0.29) is 10.0 Å². The second-order valence-corrected chi connectivity index (χ2v) is 6.09. The van der Waals surface area contributed by atoms with Gasteiger partial charge < -0.3 is 5.73 Å². The summed E-state index contributed by atoms with van der Waals surface area (Å²) in [6, 6.07) is 6.56. The Morgan fingerprint density at radius 3 is 2.19 bits per heavy atom. The van der Waals surface area contributed by atoms with Crippen molar-refractivity contribution in [3.05, 3.63) is 67.9 Å². The highest BCUT2D eigenvalue weighted by atomic mass is 79.9. The molecule has 21 heavy (non-hydrogen) atoms. The van der Waals surface area contributed by atoms with Crippen LogP contribution in [0.3, 0.4) is 0 Å². The maximum Gasteiger partial charge on any atom is 0.416 e. The third-order valence-corrected chi connectivity index (χ3v) is 4.29. The quantitative estimate of drug-likeness (QED) is 0.637. The molecule has 2 N–H and O–H groups in total. The molecule has 1 nitrogen and oxygen atoms in total.